The minimum absolute atomic E-state index is 1.13. The van der Waals surface area contributed by atoms with E-state index in [0.717, 1.165) is 6.42 Å². The molecule has 0 unspecified atom stereocenters. The lowest BCUT2D eigenvalue weighted by Crippen LogP contribution is -1.79. The van der Waals surface area contributed by atoms with Crippen molar-refractivity contribution in [3.05, 3.63) is 41.7 Å². The van der Waals surface area contributed by atoms with E-state index < -0.39 is 0 Å². The van der Waals surface area contributed by atoms with Gasteiger partial charge in [0.2, 0.25) is 0 Å². The summed E-state index contributed by atoms with van der Waals surface area (Å²) < 4.78 is 0. The third-order valence-corrected chi connectivity index (χ3v) is 1.89. The van der Waals surface area contributed by atoms with Crippen molar-refractivity contribution in [2.75, 3.05) is 0 Å². The molecule has 0 bridgehead atoms. The first kappa shape index (κ1) is 13.0. The van der Waals surface area contributed by atoms with E-state index in [-0.39, 0.29) is 0 Å². The average molecular weight is 190 g/mol. The Labute approximate surface area is 88.7 Å². The Morgan fingerprint density at radius 3 is 2.50 bits per heavy atom. The van der Waals surface area contributed by atoms with Gasteiger partial charge in [-0.3, -0.25) is 0 Å². The second-order valence-corrected chi connectivity index (χ2v) is 3.70. The molecule has 0 aromatic heterocycles. The Morgan fingerprint density at radius 1 is 1.29 bits per heavy atom. The monoisotopic (exact) mass is 190 g/mol. The van der Waals surface area contributed by atoms with Gasteiger partial charge in [-0.1, -0.05) is 44.6 Å². The van der Waals surface area contributed by atoms with Crippen LogP contribution in [0.25, 0.3) is 0 Å². The number of rotatable bonds is 6. The van der Waals surface area contributed by atoms with Crippen LogP contribution in [-0.4, -0.2) is 0 Å². The molecule has 0 aromatic rings. The lowest BCUT2D eigenvalue weighted by molar-refractivity contribution is 0.719. The standard InChI is InChI=1S/C14H22/c1-5-7-9-11-14(10-8-6-2)12-13(3)4/h6,8,10H,2,5,7,9,11H2,1,3-4H3/b10-8+. The fourth-order valence-corrected chi connectivity index (χ4v) is 1.26. The minimum Gasteiger partial charge on any atom is -0.119 e. The van der Waals surface area contributed by atoms with Crippen LogP contribution in [0.1, 0.15) is 46.5 Å². The molecule has 0 aromatic carbocycles. The van der Waals surface area contributed by atoms with E-state index in [1.165, 1.54) is 30.4 Å². The second-order valence-electron chi connectivity index (χ2n) is 3.70. The molecule has 0 aliphatic heterocycles. The van der Waals surface area contributed by atoms with Gasteiger partial charge in [0.25, 0.3) is 0 Å². The van der Waals surface area contributed by atoms with Crippen molar-refractivity contribution in [2.24, 2.45) is 0 Å². The van der Waals surface area contributed by atoms with Gasteiger partial charge < -0.3 is 0 Å². The van der Waals surface area contributed by atoms with Gasteiger partial charge in [-0.25, -0.2) is 0 Å². The molecule has 0 nitrogen and oxygen atoms in total. The zero-order valence-corrected chi connectivity index (χ0v) is 9.77. The summed E-state index contributed by atoms with van der Waals surface area (Å²) in [4.78, 5) is 0. The molecule has 14 heavy (non-hydrogen) atoms. The zero-order chi connectivity index (χ0) is 10.8. The Morgan fingerprint density at radius 2 is 2.00 bits per heavy atom. The van der Waals surface area contributed by atoms with Crippen molar-refractivity contribution >= 4 is 0 Å². The number of unbranched alkanes of at least 4 members (excludes halogenated alkanes) is 2. The van der Waals surface area contributed by atoms with Crippen LogP contribution in [0, 0.1) is 0 Å². The van der Waals surface area contributed by atoms with Crippen LogP contribution in [0.5, 0.6) is 0 Å². The smallest absolute Gasteiger partial charge is 0.00611 e. The molecule has 0 saturated heterocycles. The van der Waals surface area contributed by atoms with Gasteiger partial charge in [0.15, 0.2) is 0 Å². The SMILES string of the molecule is C=C/C=C/C(=C=C(C)C)CCCCC. The summed E-state index contributed by atoms with van der Waals surface area (Å²) in [5, 5.41) is 0. The van der Waals surface area contributed by atoms with Crippen LogP contribution in [0.4, 0.5) is 0 Å². The summed E-state index contributed by atoms with van der Waals surface area (Å²) in [5.41, 5.74) is 5.90. The Bertz CT molecular complexity index is 243. The minimum atomic E-state index is 1.13. The van der Waals surface area contributed by atoms with E-state index in [9.17, 15) is 0 Å². The quantitative estimate of drug-likeness (QED) is 0.320. The summed E-state index contributed by atoms with van der Waals surface area (Å²) in [6.45, 7) is 10.1. The van der Waals surface area contributed by atoms with Crippen LogP contribution in [0.3, 0.4) is 0 Å². The van der Waals surface area contributed by atoms with Gasteiger partial charge in [0, 0.05) is 0 Å². The molecular formula is C14H22. The van der Waals surface area contributed by atoms with Crippen LogP contribution in [0.15, 0.2) is 41.7 Å². The topological polar surface area (TPSA) is 0 Å². The first-order valence-electron chi connectivity index (χ1n) is 5.42. The molecular weight excluding hydrogens is 168 g/mol. The fourth-order valence-electron chi connectivity index (χ4n) is 1.26. The molecule has 0 aliphatic carbocycles. The summed E-state index contributed by atoms with van der Waals surface area (Å²) in [7, 11) is 0. The van der Waals surface area contributed by atoms with Crippen LogP contribution >= 0.6 is 0 Å². The molecule has 0 radical (unpaired) electrons. The molecule has 0 heteroatoms. The van der Waals surface area contributed by atoms with Gasteiger partial charge in [0.1, 0.15) is 0 Å². The van der Waals surface area contributed by atoms with Crippen molar-refractivity contribution in [1.29, 1.82) is 0 Å². The van der Waals surface area contributed by atoms with E-state index >= 15 is 0 Å². The first-order valence-corrected chi connectivity index (χ1v) is 5.42. The van der Waals surface area contributed by atoms with Gasteiger partial charge in [-0.2, -0.15) is 0 Å². The maximum absolute atomic E-state index is 3.67. The third-order valence-electron chi connectivity index (χ3n) is 1.89. The van der Waals surface area contributed by atoms with Crippen molar-refractivity contribution in [3.8, 4) is 0 Å². The highest BCUT2D eigenvalue weighted by molar-refractivity contribution is 5.22. The summed E-state index contributed by atoms with van der Waals surface area (Å²) >= 11 is 0. The maximum atomic E-state index is 3.67. The molecule has 0 heterocycles. The number of hydrogen-bond donors (Lipinski definition) is 0. The van der Waals surface area contributed by atoms with Gasteiger partial charge >= 0.3 is 0 Å². The summed E-state index contributed by atoms with van der Waals surface area (Å²) in [6, 6.07) is 0. The van der Waals surface area contributed by atoms with E-state index in [2.05, 4.69) is 39.2 Å². The number of hydrogen-bond acceptors (Lipinski definition) is 0. The molecule has 0 rings (SSSR count). The molecule has 0 atom stereocenters. The molecule has 0 spiro atoms. The van der Waals surface area contributed by atoms with Crippen molar-refractivity contribution in [3.63, 3.8) is 0 Å². The maximum Gasteiger partial charge on any atom is -0.00611 e. The molecule has 0 amide bonds. The average Bonchev–Trinajstić information content (AvgIpc) is 2.13. The normalized spacial score (nSPS) is 9.93. The fraction of sp³-hybridized carbons (Fsp3) is 0.500. The molecule has 78 valence electrons. The molecule has 0 N–H and O–H groups in total. The Balaban J connectivity index is 4.35. The van der Waals surface area contributed by atoms with Gasteiger partial charge in [-0.15, -0.1) is 5.73 Å². The predicted octanol–water partition coefficient (Wildman–Crippen LogP) is 4.80. The van der Waals surface area contributed by atoms with Gasteiger partial charge in [0.05, 0.1) is 0 Å². The number of allylic oxidation sites excluding steroid dienone is 4. The lowest BCUT2D eigenvalue weighted by Gasteiger charge is -1.98. The first-order chi connectivity index (χ1) is 6.70. The second kappa shape index (κ2) is 8.59. The van der Waals surface area contributed by atoms with E-state index in [1.54, 1.807) is 0 Å². The van der Waals surface area contributed by atoms with E-state index in [1.807, 2.05) is 12.2 Å². The highest BCUT2D eigenvalue weighted by Gasteiger charge is 1.91. The van der Waals surface area contributed by atoms with Crippen LogP contribution in [0.2, 0.25) is 0 Å². The molecule has 0 fully saturated rings. The van der Waals surface area contributed by atoms with E-state index in [4.69, 9.17) is 0 Å². The largest absolute Gasteiger partial charge is 0.119 e. The Hall–Kier alpha value is -1.00. The highest BCUT2D eigenvalue weighted by Crippen LogP contribution is 2.10. The zero-order valence-electron chi connectivity index (χ0n) is 9.77. The highest BCUT2D eigenvalue weighted by atomic mass is 14.0. The van der Waals surface area contributed by atoms with Crippen molar-refractivity contribution in [1.82, 2.24) is 0 Å². The summed E-state index contributed by atoms with van der Waals surface area (Å²) in [5.74, 6) is 0. The molecule has 0 saturated carbocycles. The predicted molar refractivity (Wildman–Crippen MR) is 65.4 cm³/mol. The van der Waals surface area contributed by atoms with Crippen molar-refractivity contribution < 1.29 is 0 Å². The van der Waals surface area contributed by atoms with Crippen LogP contribution in [-0.2, 0) is 0 Å². The Kier molecular flexibility index (Phi) is 7.98. The van der Waals surface area contributed by atoms with Crippen LogP contribution < -0.4 is 0 Å². The summed E-state index contributed by atoms with van der Waals surface area (Å²) in [6.07, 6.45) is 10.9. The molecule has 0 aliphatic rings. The van der Waals surface area contributed by atoms with E-state index in [0.29, 0.717) is 0 Å². The third kappa shape index (κ3) is 7.64. The van der Waals surface area contributed by atoms with Crippen molar-refractivity contribution in [2.45, 2.75) is 46.5 Å². The lowest BCUT2D eigenvalue weighted by atomic mass is 10.1. The van der Waals surface area contributed by atoms with Gasteiger partial charge in [-0.05, 0) is 37.8 Å².